The van der Waals surface area contributed by atoms with Crippen LogP contribution in [0.4, 0.5) is 23.8 Å². The van der Waals surface area contributed by atoms with Crippen LogP contribution in [0.1, 0.15) is 70.6 Å². The van der Waals surface area contributed by atoms with Crippen molar-refractivity contribution in [3.63, 3.8) is 0 Å². The van der Waals surface area contributed by atoms with E-state index in [0.29, 0.717) is 23.2 Å². The maximum atomic E-state index is 14.1. The Balaban J connectivity index is 1.98. The third-order valence-electron chi connectivity index (χ3n) is 9.14. The number of rotatable bonds is 11. The summed E-state index contributed by atoms with van der Waals surface area (Å²) in [5.74, 6) is -0.844. The van der Waals surface area contributed by atoms with E-state index in [1.165, 1.54) is 18.5 Å². The van der Waals surface area contributed by atoms with E-state index in [0.717, 1.165) is 16.7 Å². The Kier molecular flexibility index (Phi) is 12.1. The highest BCUT2D eigenvalue weighted by Gasteiger charge is 2.39. The van der Waals surface area contributed by atoms with Crippen molar-refractivity contribution in [2.45, 2.75) is 78.8 Å². The van der Waals surface area contributed by atoms with Gasteiger partial charge in [-0.2, -0.15) is 13.2 Å². The smallest absolute Gasteiger partial charge is 0.434 e. The SMILES string of the molecule is CCNC(=O)Nc1cc(-c2nc(C(F)(F)F)cs2)c(-c2ccc3c(c2)c(=O)c(C(=O)OCCO)cn3C(CO[Si](C)(C)C(C)(C)C)C(C)(C)C)cn1. The Hall–Kier alpha value is -4.12. The molecule has 3 N–H and O–H groups in total. The van der Waals surface area contributed by atoms with Crippen LogP contribution >= 0.6 is 11.3 Å². The second-order valence-electron chi connectivity index (χ2n) is 15.0. The van der Waals surface area contributed by atoms with E-state index in [2.05, 4.69) is 54.5 Å². The fourth-order valence-corrected chi connectivity index (χ4v) is 7.04. The van der Waals surface area contributed by atoms with Crippen molar-refractivity contribution in [2.24, 2.45) is 5.41 Å². The molecule has 0 fully saturated rings. The van der Waals surface area contributed by atoms with Gasteiger partial charge in [0.2, 0.25) is 5.43 Å². The van der Waals surface area contributed by atoms with Gasteiger partial charge in [-0.25, -0.2) is 19.6 Å². The molecule has 1 atom stereocenters. The average molecular weight is 762 g/mol. The zero-order chi connectivity index (χ0) is 38.8. The van der Waals surface area contributed by atoms with Gasteiger partial charge >= 0.3 is 18.2 Å². The van der Waals surface area contributed by atoms with E-state index >= 15 is 0 Å². The van der Waals surface area contributed by atoms with Crippen LogP contribution < -0.4 is 16.1 Å². The standard InChI is InChI=1S/C36H46F3N5O6SSi/c1-10-40-33(48)43-29-16-22(31-42-27(20-51-31)36(37,38)39)24(17-41-29)21-11-12-26-23(15-21)30(46)25(32(47)49-14-13-45)18-44(26)28(34(2,3)4)19-50-52(8,9)35(5,6)7/h11-12,15-18,20,28,45H,10,13-14,19H2,1-9H3,(H2,40,41,43,48). The van der Waals surface area contributed by atoms with Gasteiger partial charge in [0.25, 0.3) is 0 Å². The zero-order valence-corrected chi connectivity index (χ0v) is 32.6. The molecular weight excluding hydrogens is 716 g/mol. The topological polar surface area (TPSA) is 145 Å². The third kappa shape index (κ3) is 9.08. The highest BCUT2D eigenvalue weighted by Crippen LogP contribution is 2.42. The number of amides is 2. The van der Waals surface area contributed by atoms with Crippen LogP contribution in [0.2, 0.25) is 18.1 Å². The Bertz CT molecular complexity index is 2000. The number of hydrogen-bond donors (Lipinski definition) is 3. The minimum atomic E-state index is -4.68. The number of halogens is 3. The van der Waals surface area contributed by atoms with Gasteiger partial charge < -0.3 is 24.2 Å². The molecule has 52 heavy (non-hydrogen) atoms. The van der Waals surface area contributed by atoms with Crippen LogP contribution in [0.15, 0.2) is 46.8 Å². The molecule has 0 radical (unpaired) electrons. The van der Waals surface area contributed by atoms with Gasteiger partial charge in [-0.05, 0) is 54.2 Å². The van der Waals surface area contributed by atoms with Crippen molar-refractivity contribution in [2.75, 3.05) is 31.7 Å². The molecule has 0 saturated heterocycles. The molecule has 0 aliphatic heterocycles. The Morgan fingerprint density at radius 2 is 1.77 bits per heavy atom. The number of carbonyl (C=O) groups is 2. The van der Waals surface area contributed by atoms with Gasteiger partial charge in [-0.3, -0.25) is 10.1 Å². The van der Waals surface area contributed by atoms with Gasteiger partial charge in [0, 0.05) is 40.8 Å². The highest BCUT2D eigenvalue weighted by molar-refractivity contribution is 7.13. The van der Waals surface area contributed by atoms with Crippen molar-refractivity contribution in [3.05, 3.63) is 63.5 Å². The minimum absolute atomic E-state index is 0.0121. The van der Waals surface area contributed by atoms with Crippen molar-refractivity contribution < 1.29 is 37.0 Å². The summed E-state index contributed by atoms with van der Waals surface area (Å²) in [5, 5.41) is 15.4. The number of esters is 1. The molecule has 0 bridgehead atoms. The molecule has 282 valence electrons. The number of urea groups is 1. The number of hydrogen-bond acceptors (Lipinski definition) is 9. The first-order valence-corrected chi connectivity index (χ1v) is 20.6. The lowest BCUT2D eigenvalue weighted by Gasteiger charge is -2.40. The normalized spacial score (nSPS) is 13.2. The lowest BCUT2D eigenvalue weighted by Crippen LogP contribution is -2.43. The number of thiazole rings is 1. The molecule has 1 unspecified atom stereocenters. The summed E-state index contributed by atoms with van der Waals surface area (Å²) in [7, 11) is -2.24. The number of carbonyl (C=O) groups excluding carboxylic acids is 2. The van der Waals surface area contributed by atoms with Gasteiger partial charge in [0.15, 0.2) is 14.0 Å². The van der Waals surface area contributed by atoms with Gasteiger partial charge in [-0.15, -0.1) is 11.3 Å². The first-order valence-electron chi connectivity index (χ1n) is 16.8. The molecule has 0 spiro atoms. The third-order valence-corrected chi connectivity index (χ3v) is 14.5. The molecular formula is C36H46F3N5O6SSi. The predicted octanol–water partition coefficient (Wildman–Crippen LogP) is 8.11. The zero-order valence-electron chi connectivity index (χ0n) is 30.8. The summed E-state index contributed by atoms with van der Waals surface area (Å²) in [6.45, 7) is 18.4. The summed E-state index contributed by atoms with van der Waals surface area (Å²) in [4.78, 5) is 47.8. The lowest BCUT2D eigenvalue weighted by molar-refractivity contribution is -0.140. The first-order chi connectivity index (χ1) is 24.1. The van der Waals surface area contributed by atoms with Crippen LogP contribution in [0.3, 0.4) is 0 Å². The Morgan fingerprint density at radius 3 is 2.35 bits per heavy atom. The second-order valence-corrected chi connectivity index (χ2v) is 20.6. The maximum Gasteiger partial charge on any atom is 0.434 e. The molecule has 4 rings (SSSR count). The molecule has 2 amide bonds. The maximum absolute atomic E-state index is 14.1. The number of ether oxygens (including phenoxy) is 1. The number of benzene rings is 1. The number of aliphatic hydroxyl groups is 1. The van der Waals surface area contributed by atoms with Crippen molar-refractivity contribution in [3.8, 4) is 21.7 Å². The molecule has 16 heteroatoms. The monoisotopic (exact) mass is 761 g/mol. The molecule has 0 aliphatic carbocycles. The van der Waals surface area contributed by atoms with E-state index < -0.39 is 49.6 Å². The second kappa shape index (κ2) is 15.5. The fraction of sp³-hybridized carbons (Fsp3) is 0.472. The fourth-order valence-electron chi connectivity index (χ4n) is 5.17. The number of nitrogens with zero attached hydrogens (tertiary/aromatic N) is 3. The molecule has 0 saturated carbocycles. The summed E-state index contributed by atoms with van der Waals surface area (Å²) >= 11 is 0.770. The number of fused-ring (bicyclic) bond motifs is 1. The van der Waals surface area contributed by atoms with Gasteiger partial charge in [0.05, 0.1) is 24.8 Å². The molecule has 3 aromatic heterocycles. The largest absolute Gasteiger partial charge is 0.460 e. The van der Waals surface area contributed by atoms with Crippen LogP contribution in [-0.2, 0) is 15.3 Å². The van der Waals surface area contributed by atoms with Crippen LogP contribution in [-0.4, -0.2) is 66.3 Å². The molecule has 4 aromatic rings. The first kappa shape index (κ1) is 40.6. The van der Waals surface area contributed by atoms with E-state index in [4.69, 9.17) is 9.16 Å². The number of anilines is 1. The lowest BCUT2D eigenvalue weighted by atomic mass is 9.86. The predicted molar refractivity (Wildman–Crippen MR) is 199 cm³/mol. The van der Waals surface area contributed by atoms with E-state index in [1.807, 2.05) is 25.3 Å². The van der Waals surface area contributed by atoms with E-state index in [9.17, 15) is 32.7 Å². The quantitative estimate of drug-likeness (QED) is 0.103. The number of alkyl halides is 3. The molecule has 1 aromatic carbocycles. The summed E-state index contributed by atoms with van der Waals surface area (Å²) in [6.07, 6.45) is -1.83. The molecule has 0 aliphatic rings. The Labute approximate surface area is 305 Å². The van der Waals surface area contributed by atoms with Crippen molar-refractivity contribution in [1.82, 2.24) is 19.9 Å². The summed E-state index contributed by atoms with van der Waals surface area (Å²) in [5.41, 5.74) is -0.938. The van der Waals surface area contributed by atoms with Gasteiger partial charge in [0.1, 0.15) is 23.0 Å². The van der Waals surface area contributed by atoms with Crippen LogP contribution in [0.5, 0.6) is 0 Å². The molecule has 3 heterocycles. The number of nitrogens with one attached hydrogen (secondary N) is 2. The summed E-state index contributed by atoms with van der Waals surface area (Å²) < 4.78 is 54.6. The van der Waals surface area contributed by atoms with E-state index in [1.54, 1.807) is 25.1 Å². The number of aliphatic hydroxyl groups excluding tert-OH is 1. The van der Waals surface area contributed by atoms with Crippen LogP contribution in [0.25, 0.3) is 32.6 Å². The summed E-state index contributed by atoms with van der Waals surface area (Å²) in [6, 6.07) is 5.48. The van der Waals surface area contributed by atoms with Gasteiger partial charge in [-0.1, -0.05) is 47.6 Å². The Morgan fingerprint density at radius 1 is 1.08 bits per heavy atom. The van der Waals surface area contributed by atoms with Crippen LogP contribution in [0, 0.1) is 5.41 Å². The average Bonchev–Trinajstić information content (AvgIpc) is 3.55. The number of pyridine rings is 2. The van der Waals surface area contributed by atoms with Crippen molar-refractivity contribution in [1.29, 1.82) is 0 Å². The van der Waals surface area contributed by atoms with Crippen molar-refractivity contribution >= 4 is 48.4 Å². The molecule has 11 nitrogen and oxygen atoms in total. The minimum Gasteiger partial charge on any atom is -0.460 e. The number of aromatic nitrogens is 3. The van der Waals surface area contributed by atoms with E-state index in [-0.39, 0.29) is 51.6 Å². The highest BCUT2D eigenvalue weighted by atomic mass is 32.1.